The first kappa shape index (κ1) is 20.8. The minimum absolute atomic E-state index is 0.111. The molecular weight excluding hydrogens is 382 g/mol. The third kappa shape index (κ3) is 5.11. The molecule has 0 aliphatic carbocycles. The molecule has 0 heterocycles. The van der Waals surface area contributed by atoms with Crippen LogP contribution in [0.3, 0.4) is 0 Å². The minimum Gasteiger partial charge on any atom is -0.497 e. The summed E-state index contributed by atoms with van der Waals surface area (Å²) in [5, 5.41) is 2.63. The van der Waals surface area contributed by atoms with Crippen LogP contribution >= 0.6 is 0 Å². The van der Waals surface area contributed by atoms with E-state index in [1.807, 2.05) is 19.1 Å². The summed E-state index contributed by atoms with van der Waals surface area (Å²) in [6, 6.07) is 20.2. The summed E-state index contributed by atoms with van der Waals surface area (Å²) >= 11 is 0. The Bertz CT molecular complexity index is 1060. The van der Waals surface area contributed by atoms with Crippen LogP contribution in [0.25, 0.3) is 0 Å². The van der Waals surface area contributed by atoms with Crippen LogP contribution in [-0.4, -0.2) is 31.4 Å². The van der Waals surface area contributed by atoms with E-state index in [0.717, 1.165) is 5.56 Å². The van der Waals surface area contributed by atoms with E-state index in [9.17, 15) is 14.4 Å². The molecule has 3 rings (SSSR count). The maximum Gasteiger partial charge on any atom is 0.339 e. The highest BCUT2D eigenvalue weighted by Gasteiger charge is 2.20. The lowest BCUT2D eigenvalue weighted by atomic mass is 9.98. The first-order chi connectivity index (χ1) is 14.5. The number of methoxy groups -OCH3 is 1. The van der Waals surface area contributed by atoms with Gasteiger partial charge in [0.2, 0.25) is 0 Å². The van der Waals surface area contributed by atoms with Gasteiger partial charge < -0.3 is 14.8 Å². The Balaban J connectivity index is 1.66. The van der Waals surface area contributed by atoms with E-state index in [1.165, 1.54) is 6.07 Å². The van der Waals surface area contributed by atoms with Crippen molar-refractivity contribution in [1.29, 1.82) is 0 Å². The topological polar surface area (TPSA) is 81.7 Å². The maximum atomic E-state index is 12.8. The van der Waals surface area contributed by atoms with Crippen molar-refractivity contribution >= 4 is 23.3 Å². The largest absolute Gasteiger partial charge is 0.497 e. The van der Waals surface area contributed by atoms with E-state index in [-0.39, 0.29) is 16.9 Å². The lowest BCUT2D eigenvalue weighted by Crippen LogP contribution is -2.22. The van der Waals surface area contributed by atoms with E-state index in [1.54, 1.807) is 61.7 Å². The normalized spacial score (nSPS) is 10.2. The molecule has 1 amide bonds. The molecular formula is C24H21NO5. The van der Waals surface area contributed by atoms with Gasteiger partial charge in [0.25, 0.3) is 5.91 Å². The predicted octanol–water partition coefficient (Wildman–Crippen LogP) is 4.03. The van der Waals surface area contributed by atoms with Crippen LogP contribution in [0.15, 0.2) is 72.8 Å². The molecule has 6 nitrogen and oxygen atoms in total. The van der Waals surface area contributed by atoms with Crippen LogP contribution in [0, 0.1) is 6.92 Å². The van der Waals surface area contributed by atoms with Crippen molar-refractivity contribution in [1.82, 2.24) is 0 Å². The van der Waals surface area contributed by atoms with Crippen molar-refractivity contribution in [2.75, 3.05) is 19.0 Å². The summed E-state index contributed by atoms with van der Waals surface area (Å²) in [6.07, 6.45) is 0. The molecule has 152 valence electrons. The molecule has 3 aromatic carbocycles. The minimum atomic E-state index is -0.740. The van der Waals surface area contributed by atoms with Crippen LogP contribution in [0.1, 0.15) is 31.8 Å². The lowest BCUT2D eigenvalue weighted by molar-refractivity contribution is -0.119. The average Bonchev–Trinajstić information content (AvgIpc) is 2.78. The molecule has 0 saturated carbocycles. The summed E-state index contributed by atoms with van der Waals surface area (Å²) in [5.41, 5.74) is 2.38. The fourth-order valence-electron chi connectivity index (χ4n) is 2.80. The van der Waals surface area contributed by atoms with E-state index >= 15 is 0 Å². The summed E-state index contributed by atoms with van der Waals surface area (Å²) in [4.78, 5) is 37.4. The molecule has 0 bridgehead atoms. The van der Waals surface area contributed by atoms with Crippen molar-refractivity contribution in [3.05, 3.63) is 95.1 Å². The first-order valence-electron chi connectivity index (χ1n) is 9.29. The quantitative estimate of drug-likeness (QED) is 0.476. The number of nitrogens with one attached hydrogen (secondary N) is 1. The molecule has 0 aromatic heterocycles. The fourth-order valence-corrected chi connectivity index (χ4v) is 2.80. The van der Waals surface area contributed by atoms with Gasteiger partial charge in [0.05, 0.1) is 12.7 Å². The molecule has 0 atom stereocenters. The maximum absolute atomic E-state index is 12.8. The number of amides is 1. The zero-order chi connectivity index (χ0) is 21.5. The molecule has 0 fully saturated rings. The predicted molar refractivity (Wildman–Crippen MR) is 113 cm³/mol. The summed E-state index contributed by atoms with van der Waals surface area (Å²) < 4.78 is 10.2. The van der Waals surface area contributed by atoms with Crippen LogP contribution in [0.2, 0.25) is 0 Å². The van der Waals surface area contributed by atoms with E-state index in [4.69, 9.17) is 9.47 Å². The van der Waals surface area contributed by atoms with Gasteiger partial charge >= 0.3 is 5.97 Å². The van der Waals surface area contributed by atoms with Crippen LogP contribution < -0.4 is 10.1 Å². The Hall–Kier alpha value is -3.93. The molecule has 0 unspecified atom stereocenters. The zero-order valence-electron chi connectivity index (χ0n) is 16.7. The second-order valence-electron chi connectivity index (χ2n) is 6.59. The van der Waals surface area contributed by atoms with Gasteiger partial charge in [0.1, 0.15) is 5.75 Å². The van der Waals surface area contributed by atoms with Gasteiger partial charge in [-0.05, 0) is 37.3 Å². The van der Waals surface area contributed by atoms with Crippen molar-refractivity contribution in [2.24, 2.45) is 0 Å². The third-order valence-electron chi connectivity index (χ3n) is 4.41. The van der Waals surface area contributed by atoms with Gasteiger partial charge in [0, 0.05) is 16.8 Å². The molecule has 6 heteroatoms. The summed E-state index contributed by atoms with van der Waals surface area (Å²) in [6.45, 7) is 1.45. The fraction of sp³-hybridized carbons (Fsp3) is 0.125. The van der Waals surface area contributed by atoms with Crippen LogP contribution in [0.4, 0.5) is 5.69 Å². The van der Waals surface area contributed by atoms with Gasteiger partial charge in [-0.1, -0.05) is 48.0 Å². The number of ketones is 1. The Labute approximate surface area is 174 Å². The zero-order valence-corrected chi connectivity index (χ0v) is 16.7. The van der Waals surface area contributed by atoms with E-state index in [2.05, 4.69) is 5.32 Å². The highest BCUT2D eigenvalue weighted by atomic mass is 16.5. The van der Waals surface area contributed by atoms with Crippen LogP contribution in [0.5, 0.6) is 5.75 Å². The van der Waals surface area contributed by atoms with E-state index < -0.39 is 18.5 Å². The summed E-state index contributed by atoms with van der Waals surface area (Å²) in [7, 11) is 1.55. The van der Waals surface area contributed by atoms with Crippen molar-refractivity contribution < 1.29 is 23.9 Å². The Morgan fingerprint density at radius 2 is 1.47 bits per heavy atom. The van der Waals surface area contributed by atoms with Crippen molar-refractivity contribution in [2.45, 2.75) is 6.92 Å². The monoisotopic (exact) mass is 403 g/mol. The number of carbonyl (C=O) groups is 3. The summed E-state index contributed by atoms with van der Waals surface area (Å²) in [5.74, 6) is -0.855. The van der Waals surface area contributed by atoms with Crippen molar-refractivity contribution in [3.63, 3.8) is 0 Å². The third-order valence-corrected chi connectivity index (χ3v) is 4.41. The van der Waals surface area contributed by atoms with Crippen LogP contribution in [-0.2, 0) is 9.53 Å². The average molecular weight is 403 g/mol. The number of hydrogen-bond acceptors (Lipinski definition) is 5. The molecule has 0 aliphatic rings. The van der Waals surface area contributed by atoms with Gasteiger partial charge in [-0.15, -0.1) is 0 Å². The molecule has 0 radical (unpaired) electrons. The molecule has 3 aromatic rings. The molecule has 0 saturated heterocycles. The standard InChI is InChI=1S/C24H21NO5/c1-16-7-9-17(10-8-16)23(27)20-5-3-4-6-21(20)24(28)30-15-22(26)25-18-11-13-19(29-2)14-12-18/h3-14H,15H2,1-2H3,(H,25,26). The molecule has 1 N–H and O–H groups in total. The number of benzene rings is 3. The second kappa shape index (κ2) is 9.52. The number of aryl methyl sites for hydroxylation is 1. The molecule has 0 aliphatic heterocycles. The number of esters is 1. The number of rotatable bonds is 7. The Kier molecular flexibility index (Phi) is 6.60. The molecule has 30 heavy (non-hydrogen) atoms. The Morgan fingerprint density at radius 3 is 2.10 bits per heavy atom. The highest BCUT2D eigenvalue weighted by Crippen LogP contribution is 2.17. The van der Waals surface area contributed by atoms with Crippen molar-refractivity contribution in [3.8, 4) is 5.75 Å². The van der Waals surface area contributed by atoms with Gasteiger partial charge in [-0.3, -0.25) is 9.59 Å². The second-order valence-corrected chi connectivity index (χ2v) is 6.59. The van der Waals surface area contributed by atoms with Gasteiger partial charge in [-0.25, -0.2) is 4.79 Å². The number of ether oxygens (including phenoxy) is 2. The van der Waals surface area contributed by atoms with E-state index in [0.29, 0.717) is 17.0 Å². The molecule has 0 spiro atoms. The smallest absolute Gasteiger partial charge is 0.339 e. The van der Waals surface area contributed by atoms with Gasteiger partial charge in [0.15, 0.2) is 12.4 Å². The Morgan fingerprint density at radius 1 is 0.833 bits per heavy atom. The number of hydrogen-bond donors (Lipinski definition) is 1. The number of carbonyl (C=O) groups excluding carboxylic acids is 3. The lowest BCUT2D eigenvalue weighted by Gasteiger charge is -2.10. The SMILES string of the molecule is COc1ccc(NC(=O)COC(=O)c2ccccc2C(=O)c2ccc(C)cc2)cc1. The number of anilines is 1. The first-order valence-corrected chi connectivity index (χ1v) is 9.29. The highest BCUT2D eigenvalue weighted by molar-refractivity contribution is 6.14. The van der Waals surface area contributed by atoms with Gasteiger partial charge in [-0.2, -0.15) is 0 Å².